The molecule has 0 unspecified atom stereocenters. The fourth-order valence-corrected chi connectivity index (χ4v) is 3.18. The highest BCUT2D eigenvalue weighted by molar-refractivity contribution is 5.58. The molecule has 2 aromatic rings. The van der Waals surface area contributed by atoms with Crippen LogP contribution in [0.2, 0.25) is 0 Å². The summed E-state index contributed by atoms with van der Waals surface area (Å²) in [5, 5.41) is 24.7. The molecule has 7 heteroatoms. The molecular weight excluding hydrogens is 346 g/mol. The van der Waals surface area contributed by atoms with Gasteiger partial charge in [0.25, 0.3) is 0 Å². The van der Waals surface area contributed by atoms with Crippen LogP contribution in [0.15, 0.2) is 36.7 Å². The van der Waals surface area contributed by atoms with Crippen molar-refractivity contribution in [2.45, 2.75) is 38.0 Å². The van der Waals surface area contributed by atoms with Crippen molar-refractivity contribution in [3.05, 3.63) is 42.2 Å². The molecule has 2 atom stereocenters. The monoisotopic (exact) mass is 375 g/mol. The van der Waals surface area contributed by atoms with Crippen LogP contribution in [-0.2, 0) is 18.3 Å². The summed E-state index contributed by atoms with van der Waals surface area (Å²) in [4.78, 5) is 2.16. The normalized spacial score (nSPS) is 22.6. The zero-order valence-electron chi connectivity index (χ0n) is 15.8. The van der Waals surface area contributed by atoms with Crippen LogP contribution >= 0.6 is 0 Å². The molecule has 2 N–H and O–H groups in total. The summed E-state index contributed by atoms with van der Waals surface area (Å²) in [5.74, 6) is 0.828. The molecule has 0 fully saturated rings. The molecule has 0 spiro atoms. The highest BCUT2D eigenvalue weighted by atomic mass is 16.5. The summed E-state index contributed by atoms with van der Waals surface area (Å²) >= 11 is 0. The molecular formula is C20H29N3O4. The Bertz CT molecular complexity index is 706. The Hall–Kier alpha value is -2.09. The van der Waals surface area contributed by atoms with Gasteiger partial charge in [-0.2, -0.15) is 5.10 Å². The number of hydrogen-bond acceptors (Lipinski definition) is 6. The predicted molar refractivity (Wildman–Crippen MR) is 103 cm³/mol. The number of ether oxygens (including phenoxy) is 2. The van der Waals surface area contributed by atoms with E-state index in [2.05, 4.69) is 10.00 Å². The van der Waals surface area contributed by atoms with E-state index < -0.39 is 12.2 Å². The van der Waals surface area contributed by atoms with E-state index in [1.807, 2.05) is 43.7 Å². The average Bonchev–Trinajstić information content (AvgIpc) is 3.08. The van der Waals surface area contributed by atoms with Gasteiger partial charge in [-0.05, 0) is 31.4 Å². The maximum atomic E-state index is 10.3. The summed E-state index contributed by atoms with van der Waals surface area (Å²) in [6.07, 6.45) is 4.26. The van der Waals surface area contributed by atoms with Crippen LogP contribution in [0.4, 0.5) is 5.69 Å². The van der Waals surface area contributed by atoms with E-state index in [4.69, 9.17) is 9.47 Å². The number of nitrogens with zero attached hydrogens (tertiary/aromatic N) is 3. The Morgan fingerprint density at radius 1 is 1.15 bits per heavy atom. The fraction of sp³-hybridized carbons (Fsp3) is 0.550. The summed E-state index contributed by atoms with van der Waals surface area (Å²) in [7, 11) is 1.89. The van der Waals surface area contributed by atoms with E-state index in [9.17, 15) is 10.2 Å². The zero-order chi connectivity index (χ0) is 19.1. The molecule has 0 saturated carbocycles. The minimum atomic E-state index is -0.875. The molecule has 0 bridgehead atoms. The van der Waals surface area contributed by atoms with Crippen molar-refractivity contribution in [3.8, 4) is 5.75 Å². The van der Waals surface area contributed by atoms with Crippen LogP contribution in [0.25, 0.3) is 0 Å². The molecule has 0 amide bonds. The lowest BCUT2D eigenvalue weighted by atomic mass is 10.1. The number of aliphatic hydroxyl groups excluding tert-OH is 2. The molecule has 1 aromatic heterocycles. The van der Waals surface area contributed by atoms with Crippen LogP contribution in [-0.4, -0.2) is 58.6 Å². The molecule has 1 aliphatic heterocycles. The number of hydrogen-bond donors (Lipinski definition) is 2. The lowest BCUT2D eigenvalue weighted by Gasteiger charge is -2.28. The van der Waals surface area contributed by atoms with Crippen molar-refractivity contribution in [3.63, 3.8) is 0 Å². The van der Waals surface area contributed by atoms with Crippen molar-refractivity contribution in [2.75, 3.05) is 31.3 Å². The van der Waals surface area contributed by atoms with Gasteiger partial charge in [0.1, 0.15) is 11.9 Å². The molecule has 148 valence electrons. The van der Waals surface area contributed by atoms with Gasteiger partial charge in [0.15, 0.2) is 0 Å². The molecule has 7 nitrogen and oxygen atoms in total. The van der Waals surface area contributed by atoms with Gasteiger partial charge in [0.05, 0.1) is 31.2 Å². The van der Waals surface area contributed by atoms with E-state index in [-0.39, 0.29) is 6.61 Å². The average molecular weight is 375 g/mol. The molecule has 2 heterocycles. The van der Waals surface area contributed by atoms with E-state index in [1.165, 1.54) is 0 Å². The lowest BCUT2D eigenvalue weighted by molar-refractivity contribution is -0.0405. The van der Waals surface area contributed by atoms with Crippen molar-refractivity contribution >= 4 is 5.69 Å². The third kappa shape index (κ3) is 5.69. The van der Waals surface area contributed by atoms with E-state index in [0.29, 0.717) is 32.7 Å². The zero-order valence-corrected chi connectivity index (χ0v) is 15.8. The molecule has 3 rings (SSSR count). The van der Waals surface area contributed by atoms with Gasteiger partial charge < -0.3 is 24.6 Å². The van der Waals surface area contributed by atoms with Crippen molar-refractivity contribution in [1.82, 2.24) is 9.78 Å². The Morgan fingerprint density at radius 3 is 2.78 bits per heavy atom. The minimum Gasteiger partial charge on any atom is -0.491 e. The molecule has 1 aliphatic rings. The quantitative estimate of drug-likeness (QED) is 0.832. The van der Waals surface area contributed by atoms with Gasteiger partial charge >= 0.3 is 0 Å². The van der Waals surface area contributed by atoms with Crippen LogP contribution < -0.4 is 9.64 Å². The number of fused-ring (bicyclic) bond motifs is 1. The third-order valence-corrected chi connectivity index (χ3v) is 4.71. The second-order valence-corrected chi connectivity index (χ2v) is 6.97. The third-order valence-electron chi connectivity index (χ3n) is 4.71. The van der Waals surface area contributed by atoms with Crippen molar-refractivity contribution < 1.29 is 19.7 Å². The first-order valence-electron chi connectivity index (χ1n) is 9.51. The number of benzene rings is 1. The van der Waals surface area contributed by atoms with Gasteiger partial charge in [0.2, 0.25) is 0 Å². The second kappa shape index (κ2) is 9.73. The SMILES string of the molecule is Cn1cc(CN2CC[C@H](O)[C@H](O)COCCCCOc3ccccc32)cn1. The fourth-order valence-electron chi connectivity index (χ4n) is 3.18. The van der Waals surface area contributed by atoms with Crippen molar-refractivity contribution in [1.29, 1.82) is 0 Å². The van der Waals surface area contributed by atoms with E-state index in [0.717, 1.165) is 29.8 Å². The number of aryl methyl sites for hydroxylation is 1. The van der Waals surface area contributed by atoms with Gasteiger partial charge in [-0.15, -0.1) is 0 Å². The van der Waals surface area contributed by atoms with E-state index >= 15 is 0 Å². The summed E-state index contributed by atoms with van der Waals surface area (Å²) in [5.41, 5.74) is 2.06. The minimum absolute atomic E-state index is 0.154. The van der Waals surface area contributed by atoms with Crippen LogP contribution in [0, 0.1) is 0 Å². The Balaban J connectivity index is 1.82. The standard InChI is InChI=1S/C20H29N3O4/c1-22-13-16(12-21-22)14-23-9-8-18(24)19(25)15-26-10-4-5-11-27-20-7-3-2-6-17(20)23/h2-3,6-7,12-13,18-19,24-25H,4-5,8-11,14-15H2,1H3/t18-,19+/m0/s1. The largest absolute Gasteiger partial charge is 0.491 e. The summed E-state index contributed by atoms with van der Waals surface area (Å²) in [6.45, 7) is 2.55. The molecule has 0 saturated heterocycles. The maximum absolute atomic E-state index is 10.3. The molecule has 27 heavy (non-hydrogen) atoms. The number of anilines is 1. The molecule has 0 radical (unpaired) electrons. The van der Waals surface area contributed by atoms with Crippen molar-refractivity contribution in [2.24, 2.45) is 7.05 Å². The van der Waals surface area contributed by atoms with Crippen LogP contribution in [0.1, 0.15) is 24.8 Å². The topological polar surface area (TPSA) is 80.0 Å². The summed E-state index contributed by atoms with van der Waals surface area (Å²) < 4.78 is 13.3. The van der Waals surface area contributed by atoms with Gasteiger partial charge in [0, 0.05) is 38.5 Å². The van der Waals surface area contributed by atoms with E-state index in [1.54, 1.807) is 4.68 Å². The van der Waals surface area contributed by atoms with Gasteiger partial charge in [-0.3, -0.25) is 4.68 Å². The number of rotatable bonds is 2. The first kappa shape index (κ1) is 19.7. The maximum Gasteiger partial charge on any atom is 0.142 e. The first-order valence-corrected chi connectivity index (χ1v) is 9.51. The van der Waals surface area contributed by atoms with Crippen LogP contribution in [0.3, 0.4) is 0 Å². The van der Waals surface area contributed by atoms with Gasteiger partial charge in [-0.25, -0.2) is 0 Å². The molecule has 0 aliphatic carbocycles. The smallest absolute Gasteiger partial charge is 0.142 e. The van der Waals surface area contributed by atoms with Gasteiger partial charge in [-0.1, -0.05) is 12.1 Å². The summed E-state index contributed by atoms with van der Waals surface area (Å²) in [6, 6.07) is 7.95. The molecule has 1 aromatic carbocycles. The highest BCUT2D eigenvalue weighted by Gasteiger charge is 2.20. The predicted octanol–water partition coefficient (Wildman–Crippen LogP) is 1.73. The number of aromatic nitrogens is 2. The first-order chi connectivity index (χ1) is 13.1. The second-order valence-electron chi connectivity index (χ2n) is 6.97. The lowest BCUT2D eigenvalue weighted by Crippen LogP contribution is -2.35. The highest BCUT2D eigenvalue weighted by Crippen LogP contribution is 2.30. The van der Waals surface area contributed by atoms with Crippen LogP contribution in [0.5, 0.6) is 5.75 Å². The number of aliphatic hydroxyl groups is 2. The Labute approximate surface area is 160 Å². The number of para-hydroxylation sites is 2. The Morgan fingerprint density at radius 2 is 1.96 bits per heavy atom. The Kier molecular flexibility index (Phi) is 7.09.